The zero-order chi connectivity index (χ0) is 13.1. The molecule has 0 atom stereocenters. The number of likely N-dealkylation sites (tertiary alicyclic amines) is 1. The summed E-state index contributed by atoms with van der Waals surface area (Å²) in [5.41, 5.74) is 0.381. The molecule has 0 unspecified atom stereocenters. The van der Waals surface area contributed by atoms with Gasteiger partial charge in [0.15, 0.2) is 5.11 Å². The van der Waals surface area contributed by atoms with E-state index in [1.807, 2.05) is 4.90 Å². The average molecular weight is 323 g/mol. The Kier molecular flexibility index (Phi) is 4.84. The van der Waals surface area contributed by atoms with E-state index in [4.69, 9.17) is 35.4 Å². The summed E-state index contributed by atoms with van der Waals surface area (Å²) in [6.07, 6.45) is 3.45. The normalized spacial score (nSPS) is 15.6. The summed E-state index contributed by atoms with van der Waals surface area (Å²) in [4.78, 5) is 14.0. The van der Waals surface area contributed by atoms with Gasteiger partial charge in [-0.1, -0.05) is 23.2 Å². The first-order valence-corrected chi connectivity index (χ1v) is 7.61. The maximum atomic E-state index is 12.0. The number of hydrogen-bond donors (Lipinski definition) is 1. The monoisotopic (exact) mass is 322 g/mol. The zero-order valence-corrected chi connectivity index (χ0v) is 12.7. The summed E-state index contributed by atoms with van der Waals surface area (Å²) in [5.74, 6) is -0.293. The molecular weight excluding hydrogens is 311 g/mol. The fraction of sp³-hybridized carbons (Fsp3) is 0.455. The van der Waals surface area contributed by atoms with Crippen LogP contribution in [-0.4, -0.2) is 29.0 Å². The topological polar surface area (TPSA) is 32.3 Å². The summed E-state index contributed by atoms with van der Waals surface area (Å²) in [7, 11) is 0. The van der Waals surface area contributed by atoms with Crippen LogP contribution < -0.4 is 5.32 Å². The minimum atomic E-state index is -0.293. The molecule has 1 N–H and O–H groups in total. The lowest BCUT2D eigenvalue weighted by Gasteiger charge is -2.28. The predicted octanol–water partition coefficient (Wildman–Crippen LogP) is 3.56. The van der Waals surface area contributed by atoms with Gasteiger partial charge in [-0.25, -0.2) is 0 Å². The number of amides is 1. The highest BCUT2D eigenvalue weighted by atomic mass is 35.5. The molecule has 1 aliphatic heterocycles. The van der Waals surface area contributed by atoms with Crippen molar-refractivity contribution in [3.05, 3.63) is 20.3 Å². The van der Waals surface area contributed by atoms with Crippen molar-refractivity contribution in [2.45, 2.75) is 19.3 Å². The highest BCUT2D eigenvalue weighted by Crippen LogP contribution is 2.31. The van der Waals surface area contributed by atoms with Crippen LogP contribution in [0.3, 0.4) is 0 Å². The average Bonchev–Trinajstić information content (AvgIpc) is 2.69. The Morgan fingerprint density at radius 3 is 2.56 bits per heavy atom. The van der Waals surface area contributed by atoms with Gasteiger partial charge in [-0.05, 0) is 37.5 Å². The van der Waals surface area contributed by atoms with Crippen molar-refractivity contribution in [1.29, 1.82) is 0 Å². The van der Waals surface area contributed by atoms with Crippen LogP contribution >= 0.6 is 46.8 Å². The third kappa shape index (κ3) is 3.35. The molecule has 0 aromatic carbocycles. The summed E-state index contributed by atoms with van der Waals surface area (Å²) in [6.45, 7) is 1.80. The van der Waals surface area contributed by atoms with E-state index >= 15 is 0 Å². The minimum absolute atomic E-state index is 0.293. The van der Waals surface area contributed by atoms with Crippen LogP contribution in [0, 0.1) is 0 Å². The zero-order valence-electron chi connectivity index (χ0n) is 9.54. The molecule has 0 saturated carbocycles. The Morgan fingerprint density at radius 2 is 2.00 bits per heavy atom. The molecule has 0 bridgehead atoms. The summed E-state index contributed by atoms with van der Waals surface area (Å²) in [5, 5.41) is 3.17. The van der Waals surface area contributed by atoms with E-state index in [-0.39, 0.29) is 5.91 Å². The number of piperidine rings is 1. The van der Waals surface area contributed by atoms with Crippen molar-refractivity contribution in [3.63, 3.8) is 0 Å². The fourth-order valence-electron chi connectivity index (χ4n) is 1.84. The molecule has 7 heteroatoms. The quantitative estimate of drug-likeness (QED) is 0.802. The number of nitrogens with zero attached hydrogens (tertiary/aromatic N) is 1. The van der Waals surface area contributed by atoms with E-state index in [0.29, 0.717) is 19.3 Å². The van der Waals surface area contributed by atoms with Gasteiger partial charge in [-0.2, -0.15) is 0 Å². The highest BCUT2D eigenvalue weighted by Gasteiger charge is 2.19. The van der Waals surface area contributed by atoms with Crippen molar-refractivity contribution in [3.8, 4) is 0 Å². The van der Waals surface area contributed by atoms with E-state index in [1.165, 1.54) is 17.8 Å². The Hall–Kier alpha value is -0.360. The van der Waals surface area contributed by atoms with Crippen LogP contribution in [0.5, 0.6) is 0 Å². The standard InChI is InChI=1S/C11H12Cl2N2OS2/c12-8-6-7(9(13)18-8)10(16)14-11(17)15-4-2-1-3-5-15/h6H,1-5H2,(H,14,16,17). The fourth-order valence-corrected chi connectivity index (χ4v) is 3.57. The lowest BCUT2D eigenvalue weighted by Crippen LogP contribution is -2.44. The lowest BCUT2D eigenvalue weighted by atomic mass is 10.1. The molecule has 18 heavy (non-hydrogen) atoms. The number of nitrogens with one attached hydrogen (secondary N) is 1. The third-order valence-electron chi connectivity index (χ3n) is 2.77. The second-order valence-electron chi connectivity index (χ2n) is 4.04. The molecule has 98 valence electrons. The van der Waals surface area contributed by atoms with E-state index in [1.54, 1.807) is 6.07 Å². The van der Waals surface area contributed by atoms with Crippen LogP contribution in [0.25, 0.3) is 0 Å². The molecule has 2 rings (SSSR count). The van der Waals surface area contributed by atoms with Crippen LogP contribution in [-0.2, 0) is 0 Å². The molecule has 0 aliphatic carbocycles. The molecule has 2 heterocycles. The Balaban J connectivity index is 1.98. The van der Waals surface area contributed by atoms with Gasteiger partial charge in [-0.3, -0.25) is 10.1 Å². The molecule has 1 fully saturated rings. The van der Waals surface area contributed by atoms with E-state index in [0.717, 1.165) is 25.9 Å². The number of thiophene rings is 1. The Labute approximate surface area is 125 Å². The number of hydrogen-bond acceptors (Lipinski definition) is 3. The van der Waals surface area contributed by atoms with Gasteiger partial charge in [0.1, 0.15) is 4.34 Å². The van der Waals surface area contributed by atoms with Crippen LogP contribution in [0.15, 0.2) is 6.07 Å². The number of thiocarbonyl (C=S) groups is 1. The summed E-state index contributed by atoms with van der Waals surface area (Å²) >= 11 is 18.1. The molecule has 1 aromatic rings. The molecule has 1 aliphatic rings. The van der Waals surface area contributed by atoms with Crippen molar-refractivity contribution in [2.24, 2.45) is 0 Å². The van der Waals surface area contributed by atoms with Crippen LogP contribution in [0.4, 0.5) is 0 Å². The Bertz CT molecular complexity index is 470. The van der Waals surface area contributed by atoms with Crippen molar-refractivity contribution >= 4 is 57.8 Å². The van der Waals surface area contributed by atoms with Gasteiger partial charge < -0.3 is 4.90 Å². The van der Waals surface area contributed by atoms with E-state index in [9.17, 15) is 4.79 Å². The van der Waals surface area contributed by atoms with Gasteiger partial charge in [0.05, 0.1) is 9.90 Å². The summed E-state index contributed by atoms with van der Waals surface area (Å²) < 4.78 is 0.882. The number of carbonyl (C=O) groups is 1. The van der Waals surface area contributed by atoms with Gasteiger partial charge >= 0.3 is 0 Å². The van der Waals surface area contributed by atoms with Gasteiger partial charge in [-0.15, -0.1) is 11.3 Å². The molecule has 1 amide bonds. The number of carbonyl (C=O) groups excluding carboxylic acids is 1. The smallest absolute Gasteiger partial charge is 0.259 e. The Morgan fingerprint density at radius 1 is 1.33 bits per heavy atom. The molecule has 1 saturated heterocycles. The van der Waals surface area contributed by atoms with Crippen LogP contribution in [0.1, 0.15) is 29.6 Å². The van der Waals surface area contributed by atoms with Crippen LogP contribution in [0.2, 0.25) is 8.67 Å². The molecular formula is C11H12Cl2N2OS2. The first-order valence-electron chi connectivity index (χ1n) is 5.63. The largest absolute Gasteiger partial charge is 0.349 e. The van der Waals surface area contributed by atoms with Crippen molar-refractivity contribution in [1.82, 2.24) is 10.2 Å². The van der Waals surface area contributed by atoms with E-state index in [2.05, 4.69) is 5.32 Å². The van der Waals surface area contributed by atoms with Crippen molar-refractivity contribution in [2.75, 3.05) is 13.1 Å². The third-order valence-corrected chi connectivity index (χ3v) is 4.61. The maximum Gasteiger partial charge on any atom is 0.259 e. The van der Waals surface area contributed by atoms with E-state index < -0.39 is 0 Å². The minimum Gasteiger partial charge on any atom is -0.349 e. The molecule has 1 aromatic heterocycles. The predicted molar refractivity (Wildman–Crippen MR) is 79.8 cm³/mol. The number of halogens is 2. The summed E-state index contributed by atoms with van der Waals surface area (Å²) in [6, 6.07) is 1.56. The van der Waals surface area contributed by atoms with Gasteiger partial charge in [0.25, 0.3) is 5.91 Å². The molecule has 0 radical (unpaired) electrons. The lowest BCUT2D eigenvalue weighted by molar-refractivity contribution is 0.0973. The highest BCUT2D eigenvalue weighted by molar-refractivity contribution is 7.80. The SMILES string of the molecule is O=C(NC(=S)N1CCCCC1)c1cc(Cl)sc1Cl. The molecule has 0 spiro atoms. The molecule has 3 nitrogen and oxygen atoms in total. The second-order valence-corrected chi connectivity index (χ2v) is 6.72. The van der Waals surface area contributed by atoms with Gasteiger partial charge in [0, 0.05) is 13.1 Å². The maximum absolute atomic E-state index is 12.0. The van der Waals surface area contributed by atoms with Gasteiger partial charge in [0.2, 0.25) is 0 Å². The first kappa shape index (κ1) is 14.1. The second kappa shape index (κ2) is 6.19. The first-order chi connectivity index (χ1) is 8.58. The number of rotatable bonds is 1. The van der Waals surface area contributed by atoms with Crippen molar-refractivity contribution < 1.29 is 4.79 Å².